The van der Waals surface area contributed by atoms with Gasteiger partial charge in [0.25, 0.3) is 0 Å². The number of nitrogens with one attached hydrogen (secondary N) is 2. The van der Waals surface area contributed by atoms with Gasteiger partial charge in [0.15, 0.2) is 0 Å². The third kappa shape index (κ3) is 5.38. The van der Waals surface area contributed by atoms with E-state index in [1.165, 1.54) is 25.7 Å². The number of hydrogen-bond donors (Lipinski definition) is 2. The van der Waals surface area contributed by atoms with Gasteiger partial charge < -0.3 is 20.1 Å². The van der Waals surface area contributed by atoms with E-state index in [9.17, 15) is 4.79 Å². The van der Waals surface area contributed by atoms with Gasteiger partial charge in [0.2, 0.25) is 5.91 Å². The fourth-order valence-corrected chi connectivity index (χ4v) is 3.32. The Morgan fingerprint density at radius 2 is 1.95 bits per heavy atom. The van der Waals surface area contributed by atoms with E-state index in [0.717, 1.165) is 6.42 Å². The third-order valence-electron chi connectivity index (χ3n) is 4.26. The van der Waals surface area contributed by atoms with E-state index in [-0.39, 0.29) is 5.91 Å². The van der Waals surface area contributed by atoms with Crippen LogP contribution in [0.5, 0.6) is 0 Å². The maximum atomic E-state index is 11.9. The summed E-state index contributed by atoms with van der Waals surface area (Å²) in [5, 5.41) is 6.61. The fraction of sp³-hybridized carbons (Fsp3) is 0.933. The van der Waals surface area contributed by atoms with E-state index in [2.05, 4.69) is 10.6 Å². The lowest BCUT2D eigenvalue weighted by Crippen LogP contribution is -2.39. The van der Waals surface area contributed by atoms with Gasteiger partial charge in [-0.25, -0.2) is 0 Å². The van der Waals surface area contributed by atoms with Gasteiger partial charge in [-0.3, -0.25) is 4.79 Å². The van der Waals surface area contributed by atoms with Crippen molar-refractivity contribution in [2.24, 2.45) is 5.92 Å². The van der Waals surface area contributed by atoms with Crippen LogP contribution in [0.4, 0.5) is 0 Å². The molecule has 116 valence electrons. The second-order valence-electron chi connectivity index (χ2n) is 5.99. The highest BCUT2D eigenvalue weighted by Crippen LogP contribution is 2.32. The molecule has 2 fully saturated rings. The van der Waals surface area contributed by atoms with Crippen LogP contribution in [0.25, 0.3) is 0 Å². The van der Waals surface area contributed by atoms with Gasteiger partial charge in [0.1, 0.15) is 0 Å². The third-order valence-corrected chi connectivity index (χ3v) is 4.26. The molecule has 2 N–H and O–H groups in total. The SMILES string of the molecule is COCCOCCCNC(=O)CC1CC2CCC(C1)N2. The molecule has 2 aliphatic rings. The normalized spacial score (nSPS) is 28.6. The molecule has 0 aliphatic carbocycles. The van der Waals surface area contributed by atoms with E-state index >= 15 is 0 Å². The van der Waals surface area contributed by atoms with E-state index in [4.69, 9.17) is 9.47 Å². The van der Waals surface area contributed by atoms with Gasteiger partial charge in [-0.2, -0.15) is 0 Å². The molecule has 20 heavy (non-hydrogen) atoms. The molecule has 5 nitrogen and oxygen atoms in total. The summed E-state index contributed by atoms with van der Waals surface area (Å²) < 4.78 is 10.3. The molecule has 0 radical (unpaired) electrons. The van der Waals surface area contributed by atoms with Gasteiger partial charge in [-0.1, -0.05) is 0 Å². The summed E-state index contributed by atoms with van der Waals surface area (Å²) in [5.74, 6) is 0.778. The van der Waals surface area contributed by atoms with Crippen molar-refractivity contribution in [2.75, 3.05) is 33.5 Å². The van der Waals surface area contributed by atoms with Gasteiger partial charge in [-0.05, 0) is 38.0 Å². The summed E-state index contributed by atoms with van der Waals surface area (Å²) in [6.45, 7) is 2.65. The molecule has 0 spiro atoms. The topological polar surface area (TPSA) is 59.6 Å². The van der Waals surface area contributed by atoms with Crippen molar-refractivity contribution in [3.8, 4) is 0 Å². The minimum atomic E-state index is 0.202. The molecule has 2 rings (SSSR count). The molecule has 2 aliphatic heterocycles. The Labute approximate surface area is 121 Å². The zero-order chi connectivity index (χ0) is 14.2. The van der Waals surface area contributed by atoms with Crippen molar-refractivity contribution in [1.82, 2.24) is 10.6 Å². The standard InChI is InChI=1S/C15H28N2O3/c1-19-7-8-20-6-2-5-16-15(18)11-12-9-13-3-4-14(10-12)17-13/h12-14,17H,2-11H2,1H3,(H,16,18). The molecule has 0 aromatic carbocycles. The molecule has 0 aromatic rings. The summed E-state index contributed by atoms with van der Waals surface area (Å²) in [7, 11) is 1.66. The monoisotopic (exact) mass is 284 g/mol. The highest BCUT2D eigenvalue weighted by molar-refractivity contribution is 5.76. The van der Waals surface area contributed by atoms with Crippen LogP contribution in [0.15, 0.2) is 0 Å². The summed E-state index contributed by atoms with van der Waals surface area (Å²) in [6, 6.07) is 1.33. The number of methoxy groups -OCH3 is 1. The largest absolute Gasteiger partial charge is 0.382 e. The van der Waals surface area contributed by atoms with Crippen molar-refractivity contribution in [3.05, 3.63) is 0 Å². The maximum Gasteiger partial charge on any atom is 0.220 e. The van der Waals surface area contributed by atoms with Gasteiger partial charge in [-0.15, -0.1) is 0 Å². The molecule has 5 heteroatoms. The Bertz CT molecular complexity index is 287. The Morgan fingerprint density at radius 1 is 1.20 bits per heavy atom. The van der Waals surface area contributed by atoms with E-state index in [1.54, 1.807) is 7.11 Å². The Kier molecular flexibility index (Phi) is 6.76. The summed E-state index contributed by atoms with van der Waals surface area (Å²) >= 11 is 0. The molecule has 1 amide bonds. The number of rotatable bonds is 9. The summed E-state index contributed by atoms with van der Waals surface area (Å²) in [6.07, 6.45) is 6.49. The highest BCUT2D eigenvalue weighted by Gasteiger charge is 2.33. The first kappa shape index (κ1) is 15.7. The molecule has 2 bridgehead atoms. The first-order valence-electron chi connectivity index (χ1n) is 7.87. The number of carbonyl (C=O) groups excluding carboxylic acids is 1. The molecule has 2 heterocycles. The van der Waals surface area contributed by atoms with Crippen LogP contribution in [-0.2, 0) is 14.3 Å². The van der Waals surface area contributed by atoms with Gasteiger partial charge in [0.05, 0.1) is 13.2 Å². The molecule has 0 saturated carbocycles. The number of fused-ring (bicyclic) bond motifs is 2. The Morgan fingerprint density at radius 3 is 2.65 bits per heavy atom. The van der Waals surface area contributed by atoms with E-state index in [1.807, 2.05) is 0 Å². The quantitative estimate of drug-likeness (QED) is 0.622. The van der Waals surface area contributed by atoms with Crippen LogP contribution in [0, 0.1) is 5.92 Å². The zero-order valence-electron chi connectivity index (χ0n) is 12.5. The Hall–Kier alpha value is -0.650. The lowest BCUT2D eigenvalue weighted by Gasteiger charge is -2.28. The predicted molar refractivity (Wildman–Crippen MR) is 77.6 cm³/mol. The molecule has 2 unspecified atom stereocenters. The number of piperidine rings is 1. The van der Waals surface area contributed by atoms with Crippen molar-refractivity contribution < 1.29 is 14.3 Å². The van der Waals surface area contributed by atoms with Crippen LogP contribution in [-0.4, -0.2) is 51.5 Å². The number of amides is 1. The van der Waals surface area contributed by atoms with Gasteiger partial charge in [0, 0.05) is 38.8 Å². The zero-order valence-corrected chi connectivity index (χ0v) is 12.5. The predicted octanol–water partition coefficient (Wildman–Crippen LogP) is 1.08. The lowest BCUT2D eigenvalue weighted by atomic mass is 9.89. The van der Waals surface area contributed by atoms with E-state index in [0.29, 0.717) is 50.8 Å². The van der Waals surface area contributed by atoms with Crippen LogP contribution in [0.3, 0.4) is 0 Å². The Balaban J connectivity index is 1.48. The van der Waals surface area contributed by atoms with Crippen molar-refractivity contribution in [1.29, 1.82) is 0 Å². The smallest absolute Gasteiger partial charge is 0.220 e. The van der Waals surface area contributed by atoms with Crippen molar-refractivity contribution in [2.45, 2.75) is 50.6 Å². The molecule has 0 aromatic heterocycles. The first-order valence-corrected chi connectivity index (χ1v) is 7.87. The number of carbonyl (C=O) groups is 1. The second-order valence-corrected chi connectivity index (χ2v) is 5.99. The van der Waals surface area contributed by atoms with Crippen LogP contribution in [0.1, 0.15) is 38.5 Å². The highest BCUT2D eigenvalue weighted by atomic mass is 16.5. The second kappa shape index (κ2) is 8.60. The summed E-state index contributed by atoms with van der Waals surface area (Å²) in [5.41, 5.74) is 0. The average molecular weight is 284 g/mol. The number of ether oxygens (including phenoxy) is 2. The van der Waals surface area contributed by atoms with Crippen LogP contribution < -0.4 is 10.6 Å². The fourth-order valence-electron chi connectivity index (χ4n) is 3.32. The summed E-state index contributed by atoms with van der Waals surface area (Å²) in [4.78, 5) is 11.9. The van der Waals surface area contributed by atoms with Crippen molar-refractivity contribution >= 4 is 5.91 Å². The minimum Gasteiger partial charge on any atom is -0.382 e. The molecular formula is C15H28N2O3. The lowest BCUT2D eigenvalue weighted by molar-refractivity contribution is -0.122. The maximum absolute atomic E-state index is 11.9. The molecule has 2 saturated heterocycles. The van der Waals surface area contributed by atoms with Crippen LogP contribution >= 0.6 is 0 Å². The molecular weight excluding hydrogens is 256 g/mol. The minimum absolute atomic E-state index is 0.202. The van der Waals surface area contributed by atoms with Gasteiger partial charge >= 0.3 is 0 Å². The average Bonchev–Trinajstić information content (AvgIpc) is 2.77. The molecule has 2 atom stereocenters. The van der Waals surface area contributed by atoms with E-state index < -0.39 is 0 Å². The first-order chi connectivity index (χ1) is 9.78. The van der Waals surface area contributed by atoms with Crippen molar-refractivity contribution in [3.63, 3.8) is 0 Å². The van der Waals surface area contributed by atoms with Crippen LogP contribution in [0.2, 0.25) is 0 Å². The number of hydrogen-bond acceptors (Lipinski definition) is 4.